The normalized spacial score (nSPS) is 15.3. The van der Waals surface area contributed by atoms with E-state index in [4.69, 9.17) is 5.11 Å². The SMILES string of the molecule is CC(C)(O)CC(CO)NP. The third kappa shape index (κ3) is 5.12. The molecule has 0 aromatic heterocycles. The van der Waals surface area contributed by atoms with Crippen molar-refractivity contribution >= 4 is 9.39 Å². The lowest BCUT2D eigenvalue weighted by atomic mass is 10.0. The summed E-state index contributed by atoms with van der Waals surface area (Å²) in [6.07, 6.45) is 0.549. The summed E-state index contributed by atoms with van der Waals surface area (Å²) in [7, 11) is 2.32. The summed E-state index contributed by atoms with van der Waals surface area (Å²) in [4.78, 5) is 0. The van der Waals surface area contributed by atoms with E-state index >= 15 is 0 Å². The van der Waals surface area contributed by atoms with E-state index in [1.165, 1.54) is 0 Å². The molecular weight excluding hydrogens is 149 g/mol. The molecule has 2 atom stereocenters. The summed E-state index contributed by atoms with van der Waals surface area (Å²) < 4.78 is 0. The van der Waals surface area contributed by atoms with Crippen LogP contribution in [0.2, 0.25) is 0 Å². The lowest BCUT2D eigenvalue weighted by Crippen LogP contribution is -2.34. The van der Waals surface area contributed by atoms with Gasteiger partial charge in [0.25, 0.3) is 0 Å². The van der Waals surface area contributed by atoms with Gasteiger partial charge >= 0.3 is 0 Å². The van der Waals surface area contributed by atoms with Crippen molar-refractivity contribution in [2.75, 3.05) is 6.61 Å². The summed E-state index contributed by atoms with van der Waals surface area (Å²) in [6, 6.07) is -0.0370. The molecule has 4 heteroatoms. The van der Waals surface area contributed by atoms with Crippen molar-refractivity contribution in [3.05, 3.63) is 0 Å². The van der Waals surface area contributed by atoms with E-state index in [9.17, 15) is 5.11 Å². The summed E-state index contributed by atoms with van der Waals surface area (Å²) in [6.45, 7) is 3.49. The second-order valence-electron chi connectivity index (χ2n) is 3.06. The Kier molecular flexibility index (Phi) is 4.37. The smallest absolute Gasteiger partial charge is 0.0607 e. The predicted octanol–water partition coefficient (Wildman–Crippen LogP) is -0.112. The maximum atomic E-state index is 9.29. The van der Waals surface area contributed by atoms with Gasteiger partial charge in [0, 0.05) is 6.04 Å². The Morgan fingerprint density at radius 1 is 1.60 bits per heavy atom. The van der Waals surface area contributed by atoms with Crippen molar-refractivity contribution in [2.45, 2.75) is 31.9 Å². The molecular formula is C6H16NO2P. The van der Waals surface area contributed by atoms with Crippen LogP contribution in [0.1, 0.15) is 20.3 Å². The van der Waals surface area contributed by atoms with Crippen LogP contribution in [0.4, 0.5) is 0 Å². The maximum Gasteiger partial charge on any atom is 0.0607 e. The second kappa shape index (κ2) is 4.24. The van der Waals surface area contributed by atoms with Gasteiger partial charge in [0.05, 0.1) is 12.2 Å². The molecule has 3 nitrogen and oxygen atoms in total. The summed E-state index contributed by atoms with van der Waals surface area (Å²) in [5.41, 5.74) is -0.711. The number of aliphatic hydroxyl groups excluding tert-OH is 1. The Hall–Kier alpha value is 0.310. The van der Waals surface area contributed by atoms with Crippen LogP contribution in [0, 0.1) is 0 Å². The van der Waals surface area contributed by atoms with E-state index < -0.39 is 5.60 Å². The summed E-state index contributed by atoms with van der Waals surface area (Å²) >= 11 is 0. The predicted molar refractivity (Wildman–Crippen MR) is 44.6 cm³/mol. The minimum absolute atomic E-state index is 0.0370. The Bertz CT molecular complexity index is 88.2. The molecule has 10 heavy (non-hydrogen) atoms. The first kappa shape index (κ1) is 10.3. The second-order valence-corrected chi connectivity index (χ2v) is 3.40. The third-order valence-electron chi connectivity index (χ3n) is 1.20. The van der Waals surface area contributed by atoms with E-state index in [0.717, 1.165) is 0 Å². The lowest BCUT2D eigenvalue weighted by Gasteiger charge is -2.22. The number of aliphatic hydroxyl groups is 2. The van der Waals surface area contributed by atoms with Crippen molar-refractivity contribution in [3.8, 4) is 0 Å². The Morgan fingerprint density at radius 3 is 2.20 bits per heavy atom. The highest BCUT2D eigenvalue weighted by Crippen LogP contribution is 2.10. The third-order valence-corrected chi connectivity index (χ3v) is 1.67. The van der Waals surface area contributed by atoms with Crippen molar-refractivity contribution in [1.29, 1.82) is 0 Å². The molecule has 0 amide bonds. The molecule has 0 spiro atoms. The quantitative estimate of drug-likeness (QED) is 0.509. The van der Waals surface area contributed by atoms with Gasteiger partial charge in [0.15, 0.2) is 0 Å². The van der Waals surface area contributed by atoms with Crippen molar-refractivity contribution in [1.82, 2.24) is 5.09 Å². The van der Waals surface area contributed by atoms with E-state index in [1.807, 2.05) is 0 Å². The fourth-order valence-electron chi connectivity index (χ4n) is 0.779. The summed E-state index contributed by atoms with van der Waals surface area (Å²) in [5, 5.41) is 20.8. The van der Waals surface area contributed by atoms with E-state index in [0.29, 0.717) is 6.42 Å². The van der Waals surface area contributed by atoms with Gasteiger partial charge < -0.3 is 10.2 Å². The van der Waals surface area contributed by atoms with Crippen molar-refractivity contribution in [3.63, 3.8) is 0 Å². The highest BCUT2D eigenvalue weighted by atomic mass is 31.0. The average Bonchev–Trinajstić information content (AvgIpc) is 1.81. The monoisotopic (exact) mass is 165 g/mol. The Balaban J connectivity index is 3.63. The minimum Gasteiger partial charge on any atom is -0.395 e. The van der Waals surface area contributed by atoms with Crippen molar-refractivity contribution < 1.29 is 10.2 Å². The highest BCUT2D eigenvalue weighted by molar-refractivity contribution is 7.13. The molecule has 3 N–H and O–H groups in total. The summed E-state index contributed by atoms with van der Waals surface area (Å²) in [5.74, 6) is 0. The largest absolute Gasteiger partial charge is 0.395 e. The Labute approximate surface area is 64.1 Å². The molecule has 0 aliphatic carbocycles. The van der Waals surface area contributed by atoms with Gasteiger partial charge in [0.1, 0.15) is 0 Å². The molecule has 62 valence electrons. The maximum absolute atomic E-state index is 9.29. The number of hydrogen-bond acceptors (Lipinski definition) is 3. The molecule has 0 aromatic rings. The molecule has 0 fully saturated rings. The fraction of sp³-hybridized carbons (Fsp3) is 1.00. The average molecular weight is 165 g/mol. The van der Waals surface area contributed by atoms with Gasteiger partial charge in [-0.2, -0.15) is 0 Å². The molecule has 0 radical (unpaired) electrons. The van der Waals surface area contributed by atoms with Crippen LogP contribution in [-0.2, 0) is 0 Å². The minimum atomic E-state index is -0.711. The molecule has 0 bridgehead atoms. The number of rotatable bonds is 4. The molecule has 2 unspecified atom stereocenters. The van der Waals surface area contributed by atoms with Crippen LogP contribution in [0.25, 0.3) is 0 Å². The first-order chi connectivity index (χ1) is 4.49. The van der Waals surface area contributed by atoms with Gasteiger partial charge in [-0.15, -0.1) is 0 Å². The fourth-order valence-corrected chi connectivity index (χ4v) is 1.00. The molecule has 0 heterocycles. The molecule has 0 aliphatic heterocycles. The van der Waals surface area contributed by atoms with Crippen LogP contribution in [0.15, 0.2) is 0 Å². The molecule has 0 rings (SSSR count). The van der Waals surface area contributed by atoms with E-state index in [1.54, 1.807) is 13.8 Å². The van der Waals surface area contributed by atoms with Gasteiger partial charge in [0.2, 0.25) is 0 Å². The Morgan fingerprint density at radius 2 is 2.10 bits per heavy atom. The highest BCUT2D eigenvalue weighted by Gasteiger charge is 2.17. The van der Waals surface area contributed by atoms with Crippen LogP contribution in [0.3, 0.4) is 0 Å². The van der Waals surface area contributed by atoms with Gasteiger partial charge in [-0.25, -0.2) is 0 Å². The van der Waals surface area contributed by atoms with Crippen LogP contribution in [-0.4, -0.2) is 28.5 Å². The number of hydrogen-bond donors (Lipinski definition) is 3. The zero-order chi connectivity index (χ0) is 8.20. The lowest BCUT2D eigenvalue weighted by molar-refractivity contribution is 0.0536. The molecule has 0 saturated heterocycles. The van der Waals surface area contributed by atoms with Gasteiger partial charge in [-0.05, 0) is 20.3 Å². The van der Waals surface area contributed by atoms with Gasteiger partial charge in [-0.3, -0.25) is 5.09 Å². The van der Waals surface area contributed by atoms with E-state index in [2.05, 4.69) is 14.5 Å². The van der Waals surface area contributed by atoms with Crippen LogP contribution < -0.4 is 5.09 Å². The first-order valence-corrected chi connectivity index (χ1v) is 3.86. The number of nitrogens with one attached hydrogen (secondary N) is 1. The zero-order valence-electron chi connectivity index (χ0n) is 6.46. The van der Waals surface area contributed by atoms with Crippen LogP contribution >= 0.6 is 9.39 Å². The van der Waals surface area contributed by atoms with Gasteiger partial charge in [-0.1, -0.05) is 9.39 Å². The standard InChI is InChI=1S/C6H16NO2P/c1-6(2,9)3-5(4-8)7-10/h5,7-9H,3-4,10H2,1-2H3. The molecule has 0 aromatic carbocycles. The zero-order valence-corrected chi connectivity index (χ0v) is 7.62. The first-order valence-electron chi connectivity index (χ1n) is 3.29. The molecule has 0 saturated carbocycles. The van der Waals surface area contributed by atoms with Crippen LogP contribution in [0.5, 0.6) is 0 Å². The topological polar surface area (TPSA) is 52.5 Å². The van der Waals surface area contributed by atoms with E-state index in [-0.39, 0.29) is 12.6 Å². The van der Waals surface area contributed by atoms with Crippen molar-refractivity contribution in [2.24, 2.45) is 0 Å². The molecule has 0 aliphatic rings.